The Morgan fingerprint density at radius 2 is 0.806 bits per heavy atom. The average molecular weight is 869 g/mol. The number of hydrogen-bond donors (Lipinski definition) is 8. The van der Waals surface area contributed by atoms with Crippen molar-refractivity contribution < 1.29 is 67.2 Å². The Hall–Kier alpha value is -5.44. The van der Waals surface area contributed by atoms with E-state index >= 15 is 0 Å². The lowest BCUT2D eigenvalue weighted by Gasteiger charge is -2.28. The van der Waals surface area contributed by atoms with Crippen LogP contribution in [0.3, 0.4) is 0 Å². The molecule has 0 spiro atoms. The monoisotopic (exact) mass is 868 g/mol. The van der Waals surface area contributed by atoms with Crippen LogP contribution in [0.5, 0.6) is 0 Å². The first kappa shape index (κ1) is 44.6. The van der Waals surface area contributed by atoms with E-state index in [2.05, 4.69) is 10.2 Å². The van der Waals surface area contributed by atoms with Crippen LogP contribution < -0.4 is 0 Å². The molecule has 0 saturated carbocycles. The SMILES string of the molecule is Cc1cc(-c2cnn(C(CO)(CO)CO)c2)c2c(c1)[C@@](O)(C(F)(F)F)c1ccccc1-2.Cc1cc(-c2cnn(C(CO)(CO)CO)c2)c2c(c1)[C@@](O)(C(F)(F)F)c1ccccc1-2. The van der Waals surface area contributed by atoms with Crippen LogP contribution in [0.2, 0.25) is 0 Å². The summed E-state index contributed by atoms with van der Waals surface area (Å²) in [6, 6.07) is 17.7. The number of benzene rings is 4. The normalized spacial score (nSPS) is 18.2. The second-order valence-electron chi connectivity index (χ2n) is 15.7. The lowest BCUT2D eigenvalue weighted by Crippen LogP contribution is -2.45. The summed E-state index contributed by atoms with van der Waals surface area (Å²) in [6.07, 6.45) is -4.21. The molecule has 328 valence electrons. The molecule has 8 N–H and O–H groups in total. The van der Waals surface area contributed by atoms with Crippen molar-refractivity contribution >= 4 is 0 Å². The quantitative estimate of drug-likeness (QED) is 0.0901. The molecule has 0 radical (unpaired) electrons. The summed E-state index contributed by atoms with van der Waals surface area (Å²) in [6.45, 7) is -0.297. The van der Waals surface area contributed by atoms with Crippen molar-refractivity contribution in [3.63, 3.8) is 0 Å². The minimum absolute atomic E-state index is 0.239. The maximum Gasteiger partial charge on any atom is 0.425 e. The first-order valence-electron chi connectivity index (χ1n) is 19.1. The first-order chi connectivity index (χ1) is 29.2. The van der Waals surface area contributed by atoms with Gasteiger partial charge in [0.25, 0.3) is 0 Å². The highest BCUT2D eigenvalue weighted by Crippen LogP contribution is 2.59. The molecule has 2 atom stereocenters. The molecule has 18 heteroatoms. The number of aliphatic hydroxyl groups excluding tert-OH is 6. The number of nitrogens with zero attached hydrogens (tertiary/aromatic N) is 4. The number of halogens is 6. The standard InChI is InChI=1S/2C22H21F3N2O4/c2*1-13-6-16(14-8-26-27(9-14)20(10-28,11-29)12-30)19-15-4-2-3-5-17(15)21(31,18(19)7-13)22(23,24)25/h2*2-9,28-31H,10-12H2,1H3/t2*21-/m11/s1. The zero-order valence-corrected chi connectivity index (χ0v) is 33.1. The van der Waals surface area contributed by atoms with Crippen LogP contribution in [-0.4, -0.2) is 112 Å². The van der Waals surface area contributed by atoms with E-state index in [0.29, 0.717) is 33.4 Å². The fourth-order valence-corrected chi connectivity index (χ4v) is 8.29. The Kier molecular flexibility index (Phi) is 11.3. The summed E-state index contributed by atoms with van der Waals surface area (Å²) in [7, 11) is 0. The van der Waals surface area contributed by atoms with Crippen LogP contribution in [0.15, 0.2) is 97.6 Å². The predicted molar refractivity (Wildman–Crippen MR) is 212 cm³/mol. The second kappa shape index (κ2) is 15.7. The summed E-state index contributed by atoms with van der Waals surface area (Å²) in [4.78, 5) is 0. The molecule has 0 aliphatic heterocycles. The summed E-state index contributed by atoms with van der Waals surface area (Å²) in [5, 5.41) is 88.1. The van der Waals surface area contributed by atoms with Crippen LogP contribution in [-0.2, 0) is 22.3 Å². The fraction of sp³-hybridized carbons (Fsp3) is 0.318. The van der Waals surface area contributed by atoms with Crippen molar-refractivity contribution in [1.29, 1.82) is 0 Å². The van der Waals surface area contributed by atoms with Crippen LogP contribution >= 0.6 is 0 Å². The van der Waals surface area contributed by atoms with Gasteiger partial charge in [-0.3, -0.25) is 9.36 Å². The molecule has 2 aromatic heterocycles. The van der Waals surface area contributed by atoms with Crippen molar-refractivity contribution in [2.75, 3.05) is 39.6 Å². The van der Waals surface area contributed by atoms with Crippen LogP contribution in [0.1, 0.15) is 33.4 Å². The molecule has 0 amide bonds. The highest BCUT2D eigenvalue weighted by atomic mass is 19.4. The number of fused-ring (bicyclic) bond motifs is 6. The number of hydrogen-bond acceptors (Lipinski definition) is 10. The van der Waals surface area contributed by atoms with E-state index in [0.717, 1.165) is 0 Å². The number of alkyl halides is 6. The third-order valence-corrected chi connectivity index (χ3v) is 11.9. The van der Waals surface area contributed by atoms with Crippen molar-refractivity contribution in [3.05, 3.63) is 131 Å². The van der Waals surface area contributed by atoms with Gasteiger partial charge in [0, 0.05) is 45.8 Å². The smallest absolute Gasteiger partial charge is 0.394 e. The number of aromatic nitrogens is 4. The molecule has 62 heavy (non-hydrogen) atoms. The molecule has 2 aliphatic carbocycles. The van der Waals surface area contributed by atoms with E-state index < -0.39 is 74.3 Å². The maximum atomic E-state index is 14.1. The molecular formula is C44H42F6N4O8. The Morgan fingerprint density at radius 3 is 1.11 bits per heavy atom. The van der Waals surface area contributed by atoms with Crippen LogP contribution in [0.4, 0.5) is 26.3 Å². The van der Waals surface area contributed by atoms with Gasteiger partial charge >= 0.3 is 12.4 Å². The lowest BCUT2D eigenvalue weighted by atomic mass is 9.88. The van der Waals surface area contributed by atoms with Gasteiger partial charge in [-0.2, -0.15) is 36.5 Å². The van der Waals surface area contributed by atoms with E-state index in [-0.39, 0.29) is 44.5 Å². The summed E-state index contributed by atoms with van der Waals surface area (Å²) >= 11 is 0. The third-order valence-electron chi connectivity index (χ3n) is 11.9. The molecule has 8 rings (SSSR count). The molecule has 0 saturated heterocycles. The topological polar surface area (TPSA) is 197 Å². The van der Waals surface area contributed by atoms with E-state index in [4.69, 9.17) is 0 Å². The number of rotatable bonds is 10. The minimum atomic E-state index is -4.94. The largest absolute Gasteiger partial charge is 0.425 e. The lowest BCUT2D eigenvalue weighted by molar-refractivity contribution is -0.247. The van der Waals surface area contributed by atoms with Crippen molar-refractivity contribution in [3.8, 4) is 44.5 Å². The average Bonchev–Trinajstić information content (AvgIpc) is 4.05. The Bertz CT molecular complexity index is 2440. The number of aryl methyl sites for hydroxylation is 2. The Balaban J connectivity index is 0.000000186. The maximum absolute atomic E-state index is 14.1. The summed E-state index contributed by atoms with van der Waals surface area (Å²) in [5.74, 6) is 0. The van der Waals surface area contributed by atoms with Gasteiger partial charge in [-0.25, -0.2) is 0 Å². The van der Waals surface area contributed by atoms with Crippen molar-refractivity contribution in [2.45, 2.75) is 48.5 Å². The van der Waals surface area contributed by atoms with Gasteiger partial charge < -0.3 is 40.9 Å². The van der Waals surface area contributed by atoms with Crippen molar-refractivity contribution in [1.82, 2.24) is 19.6 Å². The Labute approximate surface area is 349 Å². The van der Waals surface area contributed by atoms with Crippen LogP contribution in [0, 0.1) is 13.8 Å². The molecule has 2 aliphatic rings. The van der Waals surface area contributed by atoms with E-state index in [9.17, 15) is 67.2 Å². The molecular weight excluding hydrogens is 826 g/mol. The number of aliphatic hydroxyl groups is 8. The Morgan fingerprint density at radius 1 is 0.484 bits per heavy atom. The zero-order chi connectivity index (χ0) is 45.2. The third kappa shape index (κ3) is 6.55. The molecule has 2 heterocycles. The molecule has 12 nitrogen and oxygen atoms in total. The van der Waals surface area contributed by atoms with Gasteiger partial charge in [-0.1, -0.05) is 83.9 Å². The summed E-state index contributed by atoms with van der Waals surface area (Å²) in [5.41, 5.74) is -6.56. The molecule has 0 bridgehead atoms. The van der Waals surface area contributed by atoms with E-state index in [1.165, 1.54) is 82.7 Å². The summed E-state index contributed by atoms with van der Waals surface area (Å²) < 4.78 is 87.1. The highest BCUT2D eigenvalue weighted by molar-refractivity contribution is 5.94. The fourth-order valence-electron chi connectivity index (χ4n) is 8.29. The van der Waals surface area contributed by atoms with Gasteiger partial charge in [0.2, 0.25) is 11.2 Å². The van der Waals surface area contributed by atoms with Gasteiger partial charge in [-0.05, 0) is 47.2 Å². The second-order valence-corrected chi connectivity index (χ2v) is 15.7. The zero-order valence-electron chi connectivity index (χ0n) is 33.1. The minimum Gasteiger partial charge on any atom is -0.394 e. The predicted octanol–water partition coefficient (Wildman–Crippen LogP) is 4.62. The first-order valence-corrected chi connectivity index (χ1v) is 19.1. The van der Waals surface area contributed by atoms with Crippen molar-refractivity contribution in [2.24, 2.45) is 0 Å². The molecule has 0 unspecified atom stereocenters. The molecule has 0 fully saturated rings. The van der Waals surface area contributed by atoms with Gasteiger partial charge in [-0.15, -0.1) is 0 Å². The van der Waals surface area contributed by atoms with Gasteiger partial charge in [0.15, 0.2) is 0 Å². The molecule has 4 aromatic carbocycles. The highest BCUT2D eigenvalue weighted by Gasteiger charge is 2.62. The van der Waals surface area contributed by atoms with E-state index in [1.54, 1.807) is 38.1 Å². The van der Waals surface area contributed by atoms with E-state index in [1.807, 2.05) is 0 Å². The van der Waals surface area contributed by atoms with Crippen LogP contribution in [0.25, 0.3) is 44.5 Å². The van der Waals surface area contributed by atoms with Gasteiger partial charge in [0.1, 0.15) is 11.1 Å². The molecule has 6 aromatic rings. The van der Waals surface area contributed by atoms with Gasteiger partial charge in [0.05, 0.1) is 52.0 Å².